The van der Waals surface area contributed by atoms with E-state index in [4.69, 9.17) is 0 Å². The van der Waals surface area contributed by atoms with Crippen molar-refractivity contribution in [2.45, 2.75) is 37.7 Å². The molecule has 0 atom stereocenters. The minimum Gasteiger partial charge on any atom is -0.396 e. The third-order valence-corrected chi connectivity index (χ3v) is 3.90. The summed E-state index contributed by atoms with van der Waals surface area (Å²) in [6.07, 6.45) is 5.19. The lowest BCUT2D eigenvalue weighted by Crippen LogP contribution is -2.68. The molecule has 0 radical (unpaired) electrons. The summed E-state index contributed by atoms with van der Waals surface area (Å²) >= 11 is 0. The average molecular weight is 185 g/mol. The Balaban J connectivity index is 2.10. The molecular weight excluding hydrogens is 166 g/mol. The highest BCUT2D eigenvalue weighted by Crippen LogP contribution is 2.44. The molecule has 2 fully saturated rings. The van der Waals surface area contributed by atoms with Crippen molar-refractivity contribution in [1.82, 2.24) is 5.32 Å². The maximum Gasteiger partial charge on any atom is 0.0750 e. The molecule has 0 aromatic carbocycles. The van der Waals surface area contributed by atoms with Crippen LogP contribution < -0.4 is 5.32 Å². The van der Waals surface area contributed by atoms with Crippen LogP contribution in [0.3, 0.4) is 0 Å². The summed E-state index contributed by atoms with van der Waals surface area (Å²) in [4.78, 5) is 0. The normalized spacial score (nSPS) is 30.9. The Hall–Kier alpha value is -0.120. The molecule has 0 spiro atoms. The van der Waals surface area contributed by atoms with Crippen molar-refractivity contribution < 1.29 is 10.2 Å². The van der Waals surface area contributed by atoms with Gasteiger partial charge in [0.1, 0.15) is 0 Å². The summed E-state index contributed by atoms with van der Waals surface area (Å²) in [6.45, 7) is 1.68. The van der Waals surface area contributed by atoms with Gasteiger partial charge < -0.3 is 15.5 Å². The van der Waals surface area contributed by atoms with Crippen molar-refractivity contribution in [3.05, 3.63) is 0 Å². The number of hydrogen-bond acceptors (Lipinski definition) is 3. The molecule has 0 aromatic heterocycles. The van der Waals surface area contributed by atoms with E-state index >= 15 is 0 Å². The first-order valence-corrected chi connectivity index (χ1v) is 5.26. The predicted molar refractivity (Wildman–Crippen MR) is 50.4 cm³/mol. The second-order valence-corrected chi connectivity index (χ2v) is 4.63. The molecule has 0 aromatic rings. The van der Waals surface area contributed by atoms with Crippen molar-refractivity contribution in [2.75, 3.05) is 19.7 Å². The van der Waals surface area contributed by atoms with Gasteiger partial charge in [-0.05, 0) is 12.8 Å². The summed E-state index contributed by atoms with van der Waals surface area (Å²) in [5, 5.41) is 23.0. The van der Waals surface area contributed by atoms with Crippen LogP contribution in [-0.4, -0.2) is 35.5 Å². The van der Waals surface area contributed by atoms with E-state index in [9.17, 15) is 10.2 Å². The summed E-state index contributed by atoms with van der Waals surface area (Å²) in [5.74, 6) is 0. The van der Waals surface area contributed by atoms with Crippen LogP contribution in [-0.2, 0) is 0 Å². The topological polar surface area (TPSA) is 52.5 Å². The van der Waals surface area contributed by atoms with Gasteiger partial charge in [-0.15, -0.1) is 0 Å². The molecule has 0 unspecified atom stereocenters. The maximum atomic E-state index is 10.4. The Morgan fingerprint density at radius 1 is 1.08 bits per heavy atom. The standard InChI is InChI=1S/C10H19NO2/c12-8-9(6-11-7-9)10(13)4-2-1-3-5-10/h11-13H,1-8H2. The molecule has 3 nitrogen and oxygen atoms in total. The number of hydrogen-bond donors (Lipinski definition) is 3. The summed E-state index contributed by atoms with van der Waals surface area (Å²) < 4.78 is 0. The fourth-order valence-electron chi connectivity index (χ4n) is 2.68. The second kappa shape index (κ2) is 3.23. The lowest BCUT2D eigenvalue weighted by atomic mass is 9.62. The summed E-state index contributed by atoms with van der Waals surface area (Å²) in [6, 6.07) is 0. The molecular formula is C10H19NO2. The van der Waals surface area contributed by atoms with E-state index < -0.39 is 5.60 Å². The Kier molecular flexibility index (Phi) is 2.34. The van der Waals surface area contributed by atoms with E-state index in [1.807, 2.05) is 0 Å². The third kappa shape index (κ3) is 1.30. The Morgan fingerprint density at radius 3 is 2.08 bits per heavy atom. The minimum absolute atomic E-state index is 0.122. The van der Waals surface area contributed by atoms with Gasteiger partial charge in [-0.3, -0.25) is 0 Å². The lowest BCUT2D eigenvalue weighted by Gasteiger charge is -2.54. The van der Waals surface area contributed by atoms with Crippen LogP contribution in [0.5, 0.6) is 0 Å². The highest BCUT2D eigenvalue weighted by molar-refractivity contribution is 5.07. The molecule has 76 valence electrons. The zero-order valence-corrected chi connectivity index (χ0v) is 8.05. The average Bonchev–Trinajstić information content (AvgIpc) is 2.04. The van der Waals surface area contributed by atoms with Crippen LogP contribution in [0.15, 0.2) is 0 Å². The first-order chi connectivity index (χ1) is 6.22. The summed E-state index contributed by atoms with van der Waals surface area (Å²) in [5.41, 5.74) is -0.821. The lowest BCUT2D eigenvalue weighted by molar-refractivity contribution is -0.153. The number of rotatable bonds is 2. The highest BCUT2D eigenvalue weighted by Gasteiger charge is 2.53. The number of aliphatic hydroxyl groups excluding tert-OH is 1. The van der Waals surface area contributed by atoms with Crippen LogP contribution in [0.1, 0.15) is 32.1 Å². The zero-order chi connectivity index (χ0) is 9.36. The number of nitrogens with one attached hydrogen (secondary N) is 1. The van der Waals surface area contributed by atoms with Gasteiger partial charge in [0.2, 0.25) is 0 Å². The van der Waals surface area contributed by atoms with Gasteiger partial charge in [0, 0.05) is 18.5 Å². The van der Waals surface area contributed by atoms with Crippen molar-refractivity contribution >= 4 is 0 Å². The molecule has 3 heteroatoms. The molecule has 13 heavy (non-hydrogen) atoms. The largest absolute Gasteiger partial charge is 0.396 e. The monoisotopic (exact) mass is 185 g/mol. The van der Waals surface area contributed by atoms with E-state index in [-0.39, 0.29) is 12.0 Å². The van der Waals surface area contributed by atoms with Crippen LogP contribution in [0.2, 0.25) is 0 Å². The third-order valence-electron chi connectivity index (χ3n) is 3.90. The van der Waals surface area contributed by atoms with Gasteiger partial charge in [-0.2, -0.15) is 0 Å². The van der Waals surface area contributed by atoms with Crippen LogP contribution >= 0.6 is 0 Å². The van der Waals surface area contributed by atoms with Crippen molar-refractivity contribution in [3.63, 3.8) is 0 Å². The van der Waals surface area contributed by atoms with E-state index in [2.05, 4.69) is 5.32 Å². The van der Waals surface area contributed by atoms with Crippen molar-refractivity contribution in [1.29, 1.82) is 0 Å². The SMILES string of the molecule is OCC1(C2(O)CCCCC2)CNC1. The first-order valence-electron chi connectivity index (χ1n) is 5.26. The summed E-state index contributed by atoms with van der Waals surface area (Å²) in [7, 11) is 0. The Labute approximate surface area is 79.2 Å². The van der Waals surface area contributed by atoms with Crippen LogP contribution in [0.25, 0.3) is 0 Å². The first kappa shape index (κ1) is 9.44. The van der Waals surface area contributed by atoms with Gasteiger partial charge >= 0.3 is 0 Å². The molecule has 1 saturated heterocycles. The molecule has 1 saturated carbocycles. The molecule has 2 aliphatic rings. The van der Waals surface area contributed by atoms with Crippen molar-refractivity contribution in [2.24, 2.45) is 5.41 Å². The van der Waals surface area contributed by atoms with Gasteiger partial charge in [-0.1, -0.05) is 19.3 Å². The molecule has 2 rings (SSSR count). The predicted octanol–water partition coefficient (Wildman–Crippen LogP) is 0.263. The van der Waals surface area contributed by atoms with Gasteiger partial charge in [0.15, 0.2) is 0 Å². The second-order valence-electron chi connectivity index (χ2n) is 4.63. The van der Waals surface area contributed by atoms with Gasteiger partial charge in [0.25, 0.3) is 0 Å². The fourth-order valence-corrected chi connectivity index (χ4v) is 2.68. The fraction of sp³-hybridized carbons (Fsp3) is 1.00. The van der Waals surface area contributed by atoms with Gasteiger partial charge in [0.05, 0.1) is 12.2 Å². The van der Waals surface area contributed by atoms with E-state index in [0.29, 0.717) is 0 Å². The molecule has 1 aliphatic carbocycles. The quantitative estimate of drug-likeness (QED) is 0.578. The Morgan fingerprint density at radius 2 is 1.69 bits per heavy atom. The molecule has 0 amide bonds. The van der Waals surface area contributed by atoms with E-state index in [0.717, 1.165) is 38.8 Å². The molecule has 1 aliphatic heterocycles. The Bertz CT molecular complexity index is 178. The molecule has 1 heterocycles. The minimum atomic E-state index is -0.592. The van der Waals surface area contributed by atoms with Gasteiger partial charge in [-0.25, -0.2) is 0 Å². The number of aliphatic hydroxyl groups is 2. The maximum absolute atomic E-state index is 10.4. The highest BCUT2D eigenvalue weighted by atomic mass is 16.3. The van der Waals surface area contributed by atoms with Crippen LogP contribution in [0, 0.1) is 5.41 Å². The smallest absolute Gasteiger partial charge is 0.0750 e. The molecule has 0 bridgehead atoms. The zero-order valence-electron chi connectivity index (χ0n) is 8.05. The van der Waals surface area contributed by atoms with Crippen LogP contribution in [0.4, 0.5) is 0 Å². The molecule has 3 N–H and O–H groups in total. The van der Waals surface area contributed by atoms with E-state index in [1.54, 1.807) is 0 Å². The van der Waals surface area contributed by atoms with Crippen molar-refractivity contribution in [3.8, 4) is 0 Å². The van der Waals surface area contributed by atoms with E-state index in [1.165, 1.54) is 6.42 Å².